The van der Waals surface area contributed by atoms with Crippen LogP contribution in [0.5, 0.6) is 17.2 Å². The van der Waals surface area contributed by atoms with Gasteiger partial charge >= 0.3 is 5.97 Å². The number of hydrogen-bond acceptors (Lipinski definition) is 7. The van der Waals surface area contributed by atoms with Gasteiger partial charge in [0.1, 0.15) is 37.0 Å². The van der Waals surface area contributed by atoms with Crippen LogP contribution in [0.1, 0.15) is 37.0 Å². The molecule has 0 unspecified atom stereocenters. The first-order valence-corrected chi connectivity index (χ1v) is 14.8. The first-order chi connectivity index (χ1) is 21.6. The standard InChI is InChI=1S/C34H41N3O8/c1-25(2)15-17-36(32(39)24-37(18-16-33(40)41)34(42)26-9-7-13-29(21-26)43-3)23-31(38)35-27-10-8-14-30(22-27)45-20-19-44-28-11-5-4-6-12-28/h4-14,21-22,25H,15-20,23-24H2,1-3H3,(H,35,38)(H,40,41). The van der Waals surface area contributed by atoms with Crippen molar-refractivity contribution in [1.82, 2.24) is 9.80 Å². The summed E-state index contributed by atoms with van der Waals surface area (Å²) >= 11 is 0. The number of ether oxygens (including phenoxy) is 3. The molecule has 240 valence electrons. The van der Waals surface area contributed by atoms with Crippen molar-refractivity contribution < 1.29 is 38.5 Å². The van der Waals surface area contributed by atoms with Gasteiger partial charge in [-0.25, -0.2) is 0 Å². The maximum absolute atomic E-state index is 13.5. The van der Waals surface area contributed by atoms with Crippen molar-refractivity contribution in [2.75, 3.05) is 51.8 Å². The van der Waals surface area contributed by atoms with Crippen molar-refractivity contribution in [1.29, 1.82) is 0 Å². The summed E-state index contributed by atoms with van der Waals surface area (Å²) in [6.45, 7) is 4.13. The van der Waals surface area contributed by atoms with Gasteiger partial charge in [0, 0.05) is 30.4 Å². The van der Waals surface area contributed by atoms with Gasteiger partial charge in [0.05, 0.1) is 20.1 Å². The van der Waals surface area contributed by atoms with E-state index in [1.807, 2.05) is 44.2 Å². The number of benzene rings is 3. The molecule has 3 amide bonds. The second-order valence-electron chi connectivity index (χ2n) is 10.7. The molecule has 11 heteroatoms. The Balaban J connectivity index is 1.64. The van der Waals surface area contributed by atoms with E-state index in [0.717, 1.165) is 5.75 Å². The number of carboxylic acid groups (broad SMARTS) is 1. The summed E-state index contributed by atoms with van der Waals surface area (Å²) in [5.74, 6) is -0.508. The number of carbonyl (C=O) groups excluding carboxylic acids is 3. The van der Waals surface area contributed by atoms with E-state index in [1.54, 1.807) is 42.5 Å². The van der Waals surface area contributed by atoms with Crippen LogP contribution in [0.3, 0.4) is 0 Å². The van der Waals surface area contributed by atoms with Crippen molar-refractivity contribution in [2.24, 2.45) is 5.92 Å². The SMILES string of the molecule is COc1cccc(C(=O)N(CCC(=O)O)CC(=O)N(CCC(C)C)CC(=O)Nc2cccc(OCCOc3ccccc3)c2)c1. The number of hydrogen-bond donors (Lipinski definition) is 2. The molecule has 3 aromatic rings. The molecule has 2 N–H and O–H groups in total. The number of carboxylic acids is 1. The van der Waals surface area contributed by atoms with Crippen molar-refractivity contribution >= 4 is 29.4 Å². The molecule has 0 aliphatic rings. The van der Waals surface area contributed by atoms with Gasteiger partial charge < -0.3 is 34.4 Å². The lowest BCUT2D eigenvalue weighted by Crippen LogP contribution is -2.46. The monoisotopic (exact) mass is 619 g/mol. The summed E-state index contributed by atoms with van der Waals surface area (Å²) in [7, 11) is 1.47. The third-order valence-electron chi connectivity index (χ3n) is 6.67. The van der Waals surface area contributed by atoms with E-state index in [0.29, 0.717) is 36.8 Å². The van der Waals surface area contributed by atoms with Gasteiger partial charge in [-0.2, -0.15) is 0 Å². The quantitative estimate of drug-likeness (QED) is 0.198. The van der Waals surface area contributed by atoms with Gasteiger partial charge in [-0.05, 0) is 54.8 Å². The summed E-state index contributed by atoms with van der Waals surface area (Å²) in [5, 5.41) is 12.1. The number of anilines is 1. The molecule has 0 aromatic heterocycles. The van der Waals surface area contributed by atoms with Crippen LogP contribution in [-0.4, -0.2) is 85.1 Å². The zero-order valence-corrected chi connectivity index (χ0v) is 25.9. The number of methoxy groups -OCH3 is 1. The molecule has 0 radical (unpaired) electrons. The highest BCUT2D eigenvalue weighted by molar-refractivity contribution is 5.98. The predicted octanol–water partition coefficient (Wildman–Crippen LogP) is 4.58. The molecule has 3 rings (SSSR count). The Hall–Kier alpha value is -5.06. The number of amides is 3. The highest BCUT2D eigenvalue weighted by Crippen LogP contribution is 2.18. The number of para-hydroxylation sites is 1. The lowest BCUT2D eigenvalue weighted by Gasteiger charge is -2.28. The molecule has 0 fully saturated rings. The fraction of sp³-hybridized carbons (Fsp3) is 0.353. The summed E-state index contributed by atoms with van der Waals surface area (Å²) in [6, 6.07) is 22.7. The molecule has 0 aliphatic heterocycles. The van der Waals surface area contributed by atoms with Crippen LogP contribution in [0.25, 0.3) is 0 Å². The molecule has 0 bridgehead atoms. The largest absolute Gasteiger partial charge is 0.497 e. The van der Waals surface area contributed by atoms with Crippen LogP contribution in [0.2, 0.25) is 0 Å². The van der Waals surface area contributed by atoms with Crippen molar-refractivity contribution in [3.05, 3.63) is 84.4 Å². The lowest BCUT2D eigenvalue weighted by molar-refractivity contribution is -0.138. The van der Waals surface area contributed by atoms with Gasteiger partial charge in [0.2, 0.25) is 11.8 Å². The molecule has 0 saturated heterocycles. The molecule has 0 heterocycles. The van der Waals surface area contributed by atoms with Crippen LogP contribution in [-0.2, 0) is 14.4 Å². The number of nitrogens with zero attached hydrogens (tertiary/aromatic N) is 2. The summed E-state index contributed by atoms with van der Waals surface area (Å²) in [6.07, 6.45) is 0.290. The summed E-state index contributed by atoms with van der Waals surface area (Å²) < 4.78 is 16.6. The van der Waals surface area contributed by atoms with E-state index in [-0.39, 0.29) is 44.1 Å². The molecule has 11 nitrogen and oxygen atoms in total. The third-order valence-corrected chi connectivity index (χ3v) is 6.67. The minimum atomic E-state index is -1.10. The van der Waals surface area contributed by atoms with E-state index in [2.05, 4.69) is 5.32 Å². The highest BCUT2D eigenvalue weighted by Gasteiger charge is 2.25. The molecule has 0 spiro atoms. The maximum atomic E-state index is 13.5. The molecule has 0 saturated carbocycles. The Bertz CT molecular complexity index is 1410. The number of aliphatic carboxylic acids is 1. The predicted molar refractivity (Wildman–Crippen MR) is 170 cm³/mol. The second-order valence-corrected chi connectivity index (χ2v) is 10.7. The zero-order valence-electron chi connectivity index (χ0n) is 25.9. The Labute approximate surface area is 263 Å². The first kappa shape index (κ1) is 34.4. The summed E-state index contributed by atoms with van der Waals surface area (Å²) in [5.41, 5.74) is 0.752. The van der Waals surface area contributed by atoms with Crippen LogP contribution in [0.15, 0.2) is 78.9 Å². The second kappa shape index (κ2) is 17.9. The average Bonchev–Trinajstić information content (AvgIpc) is 3.03. The van der Waals surface area contributed by atoms with Crippen molar-refractivity contribution in [3.8, 4) is 17.2 Å². The van der Waals surface area contributed by atoms with Gasteiger partial charge in [-0.15, -0.1) is 0 Å². The van der Waals surface area contributed by atoms with Crippen molar-refractivity contribution in [2.45, 2.75) is 26.7 Å². The lowest BCUT2D eigenvalue weighted by atomic mass is 10.1. The fourth-order valence-corrected chi connectivity index (χ4v) is 4.26. The Morgan fingerprint density at radius 3 is 2.13 bits per heavy atom. The molecule has 0 aliphatic carbocycles. The molecular weight excluding hydrogens is 578 g/mol. The van der Waals surface area contributed by atoms with Crippen molar-refractivity contribution in [3.63, 3.8) is 0 Å². The molecule has 0 atom stereocenters. The number of carbonyl (C=O) groups is 4. The average molecular weight is 620 g/mol. The van der Waals surface area contributed by atoms with E-state index >= 15 is 0 Å². The van der Waals surface area contributed by atoms with E-state index in [4.69, 9.17) is 14.2 Å². The minimum absolute atomic E-state index is 0.176. The van der Waals surface area contributed by atoms with Crippen LogP contribution in [0.4, 0.5) is 5.69 Å². The molecular formula is C34H41N3O8. The third kappa shape index (κ3) is 12.2. The smallest absolute Gasteiger partial charge is 0.305 e. The maximum Gasteiger partial charge on any atom is 0.305 e. The van der Waals surface area contributed by atoms with Gasteiger partial charge in [0.25, 0.3) is 5.91 Å². The fourth-order valence-electron chi connectivity index (χ4n) is 4.26. The van der Waals surface area contributed by atoms with Crippen LogP contribution >= 0.6 is 0 Å². The molecule has 45 heavy (non-hydrogen) atoms. The Morgan fingerprint density at radius 1 is 0.778 bits per heavy atom. The normalized spacial score (nSPS) is 10.6. The van der Waals surface area contributed by atoms with Crippen LogP contribution < -0.4 is 19.5 Å². The van der Waals surface area contributed by atoms with Gasteiger partial charge in [-0.3, -0.25) is 19.2 Å². The van der Waals surface area contributed by atoms with E-state index in [9.17, 15) is 24.3 Å². The Kier molecular flexibility index (Phi) is 13.7. The number of rotatable bonds is 18. The van der Waals surface area contributed by atoms with Crippen LogP contribution in [0, 0.1) is 5.92 Å². The minimum Gasteiger partial charge on any atom is -0.497 e. The van der Waals surface area contributed by atoms with Gasteiger partial charge in [0.15, 0.2) is 0 Å². The van der Waals surface area contributed by atoms with E-state index in [1.165, 1.54) is 23.0 Å². The summed E-state index contributed by atoms with van der Waals surface area (Å²) in [4.78, 5) is 53.8. The molecule has 3 aromatic carbocycles. The number of nitrogens with one attached hydrogen (secondary N) is 1. The highest BCUT2D eigenvalue weighted by atomic mass is 16.5. The zero-order chi connectivity index (χ0) is 32.6. The Morgan fingerprint density at radius 2 is 1.44 bits per heavy atom. The van der Waals surface area contributed by atoms with E-state index < -0.39 is 23.7 Å². The first-order valence-electron chi connectivity index (χ1n) is 14.8. The topological polar surface area (TPSA) is 135 Å². The van der Waals surface area contributed by atoms with Gasteiger partial charge in [-0.1, -0.05) is 44.2 Å².